The minimum atomic E-state index is -0.476. The highest BCUT2D eigenvalue weighted by Gasteiger charge is 2.09. The Bertz CT molecular complexity index is 600. The Hall–Kier alpha value is -2.74. The highest BCUT2D eigenvalue weighted by molar-refractivity contribution is 5.48. The first-order valence-electron chi connectivity index (χ1n) is 5.32. The van der Waals surface area contributed by atoms with Gasteiger partial charge < -0.3 is 10.2 Å². The van der Waals surface area contributed by atoms with E-state index < -0.39 is 4.92 Å². The Morgan fingerprint density at radius 1 is 1.32 bits per heavy atom. The summed E-state index contributed by atoms with van der Waals surface area (Å²) in [5, 5.41) is 10.5. The lowest BCUT2D eigenvalue weighted by molar-refractivity contribution is -0.384. The molecule has 1 aromatic carbocycles. The summed E-state index contributed by atoms with van der Waals surface area (Å²) in [6.07, 6.45) is 1.31. The molecule has 0 aliphatic heterocycles. The Morgan fingerprint density at radius 2 is 2.00 bits per heavy atom. The Kier molecular flexibility index (Phi) is 3.53. The van der Waals surface area contributed by atoms with Crippen LogP contribution in [0.15, 0.2) is 30.6 Å². The maximum atomic E-state index is 10.5. The van der Waals surface area contributed by atoms with Crippen LogP contribution in [0.25, 0.3) is 0 Å². The lowest BCUT2D eigenvalue weighted by atomic mass is 10.3. The number of hydrogen-bond donors (Lipinski definition) is 2. The molecule has 2 rings (SSSR count). The fourth-order valence-corrected chi connectivity index (χ4v) is 1.43. The number of nitrogens with two attached hydrogens (primary N) is 1. The number of ether oxygens (including phenoxy) is 1. The van der Waals surface area contributed by atoms with Gasteiger partial charge in [0.1, 0.15) is 17.9 Å². The van der Waals surface area contributed by atoms with Crippen LogP contribution in [0.2, 0.25) is 0 Å². The number of rotatable bonds is 4. The third kappa shape index (κ3) is 2.75. The van der Waals surface area contributed by atoms with E-state index in [1.54, 1.807) is 6.92 Å². The second kappa shape index (κ2) is 5.27. The van der Waals surface area contributed by atoms with Crippen molar-refractivity contribution in [2.45, 2.75) is 6.92 Å². The van der Waals surface area contributed by atoms with Crippen LogP contribution in [0.4, 0.5) is 11.5 Å². The molecule has 3 N–H and O–H groups in total. The molecule has 0 spiro atoms. The number of nitrogens with one attached hydrogen (secondary N) is 1. The maximum Gasteiger partial charge on any atom is 0.269 e. The molecular weight excluding hydrogens is 250 g/mol. The number of nitro groups is 1. The zero-order valence-electron chi connectivity index (χ0n) is 10.0. The van der Waals surface area contributed by atoms with Gasteiger partial charge in [-0.2, -0.15) is 0 Å². The summed E-state index contributed by atoms with van der Waals surface area (Å²) >= 11 is 0. The van der Waals surface area contributed by atoms with E-state index in [4.69, 9.17) is 10.6 Å². The minimum absolute atomic E-state index is 0.00364. The molecule has 0 atom stereocenters. The van der Waals surface area contributed by atoms with Gasteiger partial charge in [-0.15, -0.1) is 0 Å². The van der Waals surface area contributed by atoms with Crippen molar-refractivity contribution in [1.29, 1.82) is 0 Å². The fourth-order valence-electron chi connectivity index (χ4n) is 1.43. The highest BCUT2D eigenvalue weighted by atomic mass is 16.6. The lowest BCUT2D eigenvalue weighted by Crippen LogP contribution is -2.10. The molecule has 0 radical (unpaired) electrons. The Balaban J connectivity index is 2.24. The quantitative estimate of drug-likeness (QED) is 0.489. The SMILES string of the molecule is Cc1c(NN)ncnc1Oc1ccc([N+](=O)[O-])cc1. The van der Waals surface area contributed by atoms with E-state index in [1.807, 2.05) is 0 Å². The summed E-state index contributed by atoms with van der Waals surface area (Å²) in [4.78, 5) is 18.0. The van der Waals surface area contributed by atoms with Crippen molar-refractivity contribution in [1.82, 2.24) is 9.97 Å². The molecule has 8 nitrogen and oxygen atoms in total. The molecule has 1 heterocycles. The predicted molar refractivity (Wildman–Crippen MR) is 67.7 cm³/mol. The van der Waals surface area contributed by atoms with Crippen LogP contribution in [0.3, 0.4) is 0 Å². The van der Waals surface area contributed by atoms with Crippen molar-refractivity contribution in [3.05, 3.63) is 46.3 Å². The van der Waals surface area contributed by atoms with E-state index in [-0.39, 0.29) is 5.69 Å². The van der Waals surface area contributed by atoms with E-state index in [0.717, 1.165) is 0 Å². The van der Waals surface area contributed by atoms with Crippen LogP contribution in [0, 0.1) is 17.0 Å². The van der Waals surface area contributed by atoms with Crippen molar-refractivity contribution in [2.24, 2.45) is 5.84 Å². The molecule has 0 bridgehead atoms. The lowest BCUT2D eigenvalue weighted by Gasteiger charge is -2.09. The topological polar surface area (TPSA) is 116 Å². The molecule has 0 fully saturated rings. The van der Waals surface area contributed by atoms with Gasteiger partial charge in [0.2, 0.25) is 5.88 Å². The number of nitrogens with zero attached hydrogens (tertiary/aromatic N) is 3. The second-order valence-corrected chi connectivity index (χ2v) is 3.65. The number of nitrogen functional groups attached to an aromatic ring is 1. The molecule has 98 valence electrons. The highest BCUT2D eigenvalue weighted by Crippen LogP contribution is 2.26. The summed E-state index contributed by atoms with van der Waals surface area (Å²) < 4.78 is 5.52. The number of hydrazine groups is 1. The first kappa shape index (κ1) is 12.7. The normalized spacial score (nSPS) is 10.0. The summed E-state index contributed by atoms with van der Waals surface area (Å²) in [7, 11) is 0. The molecule has 0 aliphatic carbocycles. The zero-order valence-corrected chi connectivity index (χ0v) is 10.0. The largest absolute Gasteiger partial charge is 0.439 e. The Labute approximate surface area is 108 Å². The summed E-state index contributed by atoms with van der Waals surface area (Å²) in [6, 6.07) is 5.70. The number of non-ortho nitro benzene ring substituents is 1. The van der Waals surface area contributed by atoms with Crippen LogP contribution in [0.1, 0.15) is 5.56 Å². The number of benzene rings is 1. The van der Waals surface area contributed by atoms with Crippen LogP contribution in [0.5, 0.6) is 11.6 Å². The molecule has 0 amide bonds. The van der Waals surface area contributed by atoms with Crippen molar-refractivity contribution in [3.63, 3.8) is 0 Å². The summed E-state index contributed by atoms with van der Waals surface area (Å²) in [6.45, 7) is 1.75. The standard InChI is InChI=1S/C11H11N5O3/c1-7-10(15-12)13-6-14-11(7)19-9-4-2-8(3-5-9)16(17)18/h2-6H,12H2,1H3,(H,13,14,15). The first-order chi connectivity index (χ1) is 9.11. The third-order valence-corrected chi connectivity index (χ3v) is 2.44. The van der Waals surface area contributed by atoms with Crippen molar-refractivity contribution in [3.8, 4) is 11.6 Å². The molecule has 2 aromatic rings. The number of nitro benzene ring substituents is 1. The van der Waals surface area contributed by atoms with Crippen LogP contribution in [-0.2, 0) is 0 Å². The zero-order chi connectivity index (χ0) is 13.8. The van der Waals surface area contributed by atoms with Crippen LogP contribution < -0.4 is 16.0 Å². The number of hydrogen-bond acceptors (Lipinski definition) is 7. The maximum absolute atomic E-state index is 10.5. The van der Waals surface area contributed by atoms with Crippen molar-refractivity contribution in [2.75, 3.05) is 5.43 Å². The monoisotopic (exact) mass is 261 g/mol. The molecule has 8 heteroatoms. The molecule has 0 aliphatic rings. The molecule has 0 saturated carbocycles. The molecule has 0 saturated heterocycles. The molecular formula is C11H11N5O3. The Morgan fingerprint density at radius 3 is 2.58 bits per heavy atom. The van der Waals surface area contributed by atoms with E-state index in [9.17, 15) is 10.1 Å². The van der Waals surface area contributed by atoms with Crippen LogP contribution in [-0.4, -0.2) is 14.9 Å². The van der Waals surface area contributed by atoms with Gasteiger partial charge in [0.15, 0.2) is 0 Å². The minimum Gasteiger partial charge on any atom is -0.439 e. The van der Waals surface area contributed by atoms with Crippen molar-refractivity contribution >= 4 is 11.5 Å². The summed E-state index contributed by atoms with van der Waals surface area (Å²) in [5.74, 6) is 6.52. The molecule has 19 heavy (non-hydrogen) atoms. The van der Waals surface area contributed by atoms with E-state index in [0.29, 0.717) is 23.0 Å². The number of aromatic nitrogens is 2. The molecule has 1 aromatic heterocycles. The van der Waals surface area contributed by atoms with Gasteiger partial charge >= 0.3 is 0 Å². The van der Waals surface area contributed by atoms with E-state index >= 15 is 0 Å². The fraction of sp³-hybridized carbons (Fsp3) is 0.0909. The molecule has 0 unspecified atom stereocenters. The first-order valence-corrected chi connectivity index (χ1v) is 5.32. The number of anilines is 1. The van der Waals surface area contributed by atoms with Gasteiger partial charge in [-0.25, -0.2) is 15.8 Å². The van der Waals surface area contributed by atoms with Gasteiger partial charge in [-0.05, 0) is 19.1 Å². The average molecular weight is 261 g/mol. The summed E-state index contributed by atoms with van der Waals surface area (Å²) in [5.41, 5.74) is 3.06. The van der Waals surface area contributed by atoms with Gasteiger partial charge in [-0.1, -0.05) is 0 Å². The van der Waals surface area contributed by atoms with Gasteiger partial charge in [-0.3, -0.25) is 10.1 Å². The van der Waals surface area contributed by atoms with E-state index in [2.05, 4.69) is 15.4 Å². The van der Waals surface area contributed by atoms with Gasteiger partial charge in [0.05, 0.1) is 10.5 Å². The van der Waals surface area contributed by atoms with Crippen LogP contribution >= 0.6 is 0 Å². The second-order valence-electron chi connectivity index (χ2n) is 3.65. The predicted octanol–water partition coefficient (Wildman–Crippen LogP) is 1.77. The van der Waals surface area contributed by atoms with Crippen molar-refractivity contribution < 1.29 is 9.66 Å². The van der Waals surface area contributed by atoms with Gasteiger partial charge in [0.25, 0.3) is 5.69 Å². The smallest absolute Gasteiger partial charge is 0.269 e. The third-order valence-electron chi connectivity index (χ3n) is 2.44. The van der Waals surface area contributed by atoms with E-state index in [1.165, 1.54) is 30.6 Å². The average Bonchev–Trinajstić information content (AvgIpc) is 2.42. The van der Waals surface area contributed by atoms with Gasteiger partial charge in [0, 0.05) is 12.1 Å².